The first-order valence-electron chi connectivity index (χ1n) is 4.17. The fourth-order valence-corrected chi connectivity index (χ4v) is 2.42. The Morgan fingerprint density at radius 1 is 1.47 bits per heavy atom. The van der Waals surface area contributed by atoms with Crippen LogP contribution in [0, 0.1) is 0 Å². The van der Waals surface area contributed by atoms with Crippen molar-refractivity contribution in [2.45, 2.75) is 13.0 Å². The Morgan fingerprint density at radius 3 is 2.73 bits per heavy atom. The molecule has 2 heterocycles. The summed E-state index contributed by atoms with van der Waals surface area (Å²) in [5.74, 6) is 0.424. The summed E-state index contributed by atoms with van der Waals surface area (Å²) >= 11 is 13.0. The van der Waals surface area contributed by atoms with E-state index in [9.17, 15) is 4.79 Å². The van der Waals surface area contributed by atoms with Gasteiger partial charge in [-0.25, -0.2) is 0 Å². The van der Waals surface area contributed by atoms with Gasteiger partial charge < -0.3 is 0 Å². The lowest BCUT2D eigenvalue weighted by Crippen LogP contribution is -2.50. The average Bonchev–Trinajstić information content (AvgIpc) is 2.52. The minimum absolute atomic E-state index is 0.160. The van der Waals surface area contributed by atoms with Gasteiger partial charge in [-0.1, -0.05) is 23.2 Å². The number of hydrogen-bond donors (Lipinski definition) is 2. The Bertz CT molecular complexity index is 424. The highest BCUT2D eigenvalue weighted by Gasteiger charge is 2.20. The number of amides is 1. The van der Waals surface area contributed by atoms with Crippen LogP contribution in [-0.2, 0) is 4.79 Å². The van der Waals surface area contributed by atoms with Crippen LogP contribution in [0.4, 0.5) is 0 Å². The van der Waals surface area contributed by atoms with Crippen molar-refractivity contribution in [2.24, 2.45) is 4.99 Å². The average molecular weight is 264 g/mol. The van der Waals surface area contributed by atoms with Crippen LogP contribution in [0.1, 0.15) is 11.8 Å². The third-order valence-corrected chi connectivity index (χ3v) is 3.76. The molecule has 1 aromatic rings. The SMILES string of the molecule is CC1N=C(c2cc(Cl)c(Cl)s2)NNC1=O. The van der Waals surface area contributed by atoms with E-state index in [4.69, 9.17) is 23.2 Å². The van der Waals surface area contributed by atoms with Gasteiger partial charge in [0.05, 0.1) is 9.90 Å². The third-order valence-electron chi connectivity index (χ3n) is 1.88. The molecule has 7 heteroatoms. The first-order chi connectivity index (χ1) is 7.08. The summed E-state index contributed by atoms with van der Waals surface area (Å²) in [4.78, 5) is 16.1. The Hall–Kier alpha value is -0.780. The molecule has 1 unspecified atom stereocenters. The molecule has 2 N–H and O–H groups in total. The second-order valence-corrected chi connectivity index (χ2v) is 5.06. The predicted molar refractivity (Wildman–Crippen MR) is 61.6 cm³/mol. The van der Waals surface area contributed by atoms with E-state index in [0.717, 1.165) is 4.88 Å². The van der Waals surface area contributed by atoms with Gasteiger partial charge in [-0.15, -0.1) is 11.3 Å². The molecule has 80 valence electrons. The molecule has 0 radical (unpaired) electrons. The Morgan fingerprint density at radius 2 is 2.20 bits per heavy atom. The Kier molecular flexibility index (Phi) is 2.86. The smallest absolute Gasteiger partial charge is 0.262 e. The molecule has 15 heavy (non-hydrogen) atoms. The topological polar surface area (TPSA) is 53.5 Å². The number of nitrogens with zero attached hydrogens (tertiary/aromatic N) is 1. The summed E-state index contributed by atoms with van der Waals surface area (Å²) in [5, 5.41) is 0.491. The zero-order valence-corrected chi connectivity index (χ0v) is 10.0. The highest BCUT2D eigenvalue weighted by atomic mass is 35.5. The lowest BCUT2D eigenvalue weighted by Gasteiger charge is -2.18. The quantitative estimate of drug-likeness (QED) is 0.813. The number of halogens is 2. The van der Waals surface area contributed by atoms with Crippen molar-refractivity contribution in [1.29, 1.82) is 0 Å². The van der Waals surface area contributed by atoms with E-state index in [1.54, 1.807) is 13.0 Å². The van der Waals surface area contributed by atoms with Crippen LogP contribution in [0.15, 0.2) is 11.1 Å². The molecule has 1 amide bonds. The lowest BCUT2D eigenvalue weighted by molar-refractivity contribution is -0.122. The largest absolute Gasteiger partial charge is 0.281 e. The number of aliphatic imine (C=N–C) groups is 1. The van der Waals surface area contributed by atoms with Gasteiger partial charge >= 0.3 is 0 Å². The number of thiophene rings is 1. The predicted octanol–water partition coefficient (Wildman–Crippen LogP) is 1.82. The van der Waals surface area contributed by atoms with Crippen molar-refractivity contribution in [1.82, 2.24) is 10.9 Å². The number of rotatable bonds is 1. The van der Waals surface area contributed by atoms with Crippen molar-refractivity contribution < 1.29 is 4.79 Å². The molecular formula is C8H7Cl2N3OS. The van der Waals surface area contributed by atoms with Crippen molar-refractivity contribution >= 4 is 46.3 Å². The summed E-state index contributed by atoms with van der Waals surface area (Å²) in [6.45, 7) is 1.72. The van der Waals surface area contributed by atoms with Crippen molar-refractivity contribution in [2.75, 3.05) is 0 Å². The standard InChI is InChI=1S/C8H7Cl2N3OS/c1-3-8(14)13-12-7(11-3)5-2-4(9)6(10)15-5/h2-3H,1H3,(H,11,12)(H,13,14). The van der Waals surface area contributed by atoms with Gasteiger partial charge in [0.15, 0.2) is 5.84 Å². The molecule has 1 atom stereocenters. The highest BCUT2D eigenvalue weighted by molar-refractivity contribution is 7.18. The van der Waals surface area contributed by atoms with Gasteiger partial charge in [0.25, 0.3) is 5.91 Å². The third kappa shape index (κ3) is 2.09. The number of carbonyl (C=O) groups excluding carboxylic acids is 1. The molecule has 0 saturated carbocycles. The van der Waals surface area contributed by atoms with Crippen molar-refractivity contribution in [3.8, 4) is 0 Å². The minimum Gasteiger partial charge on any atom is -0.281 e. The molecule has 0 fully saturated rings. The summed E-state index contributed by atoms with van der Waals surface area (Å²) < 4.78 is 0.515. The molecule has 0 bridgehead atoms. The van der Waals surface area contributed by atoms with Crippen molar-refractivity contribution in [3.05, 3.63) is 20.3 Å². The zero-order chi connectivity index (χ0) is 11.0. The molecule has 2 rings (SSSR count). The maximum Gasteiger partial charge on any atom is 0.262 e. The molecule has 4 nitrogen and oxygen atoms in total. The van der Waals surface area contributed by atoms with Crippen molar-refractivity contribution in [3.63, 3.8) is 0 Å². The molecule has 0 saturated heterocycles. The molecule has 1 aromatic heterocycles. The van der Waals surface area contributed by atoms with E-state index in [1.165, 1.54) is 11.3 Å². The van der Waals surface area contributed by atoms with Crippen LogP contribution in [0.5, 0.6) is 0 Å². The summed E-state index contributed by atoms with van der Waals surface area (Å²) in [6.07, 6.45) is 0. The van der Waals surface area contributed by atoms with Crippen LogP contribution >= 0.6 is 34.5 Å². The lowest BCUT2D eigenvalue weighted by atomic mass is 10.3. The normalized spacial score (nSPS) is 20.6. The zero-order valence-electron chi connectivity index (χ0n) is 7.67. The van der Waals surface area contributed by atoms with Crippen LogP contribution in [0.25, 0.3) is 0 Å². The fourth-order valence-electron chi connectivity index (χ4n) is 1.10. The number of amidine groups is 1. The van der Waals surface area contributed by atoms with E-state index >= 15 is 0 Å². The van der Waals surface area contributed by atoms with Gasteiger partial charge in [0.1, 0.15) is 10.4 Å². The van der Waals surface area contributed by atoms with Gasteiger partial charge in [-0.05, 0) is 13.0 Å². The van der Waals surface area contributed by atoms with Crippen LogP contribution < -0.4 is 10.9 Å². The van der Waals surface area contributed by atoms with Gasteiger partial charge in [-0.3, -0.25) is 20.6 Å². The Balaban J connectivity index is 2.32. The van der Waals surface area contributed by atoms with E-state index in [2.05, 4.69) is 15.8 Å². The molecule has 0 aliphatic carbocycles. The second kappa shape index (κ2) is 4.00. The first-order valence-corrected chi connectivity index (χ1v) is 5.74. The first kappa shape index (κ1) is 10.7. The number of carbonyl (C=O) groups is 1. The van der Waals surface area contributed by atoms with Gasteiger partial charge in [-0.2, -0.15) is 0 Å². The summed E-state index contributed by atoms with van der Waals surface area (Å²) in [5.41, 5.74) is 5.21. The number of nitrogens with one attached hydrogen (secondary N) is 2. The molecular weight excluding hydrogens is 257 g/mol. The Labute approximate surface area is 100 Å². The van der Waals surface area contributed by atoms with Crippen LogP contribution in [0.2, 0.25) is 9.36 Å². The number of hydrazine groups is 1. The molecule has 1 aliphatic rings. The van der Waals surface area contributed by atoms with Crippen LogP contribution in [0.3, 0.4) is 0 Å². The van der Waals surface area contributed by atoms with E-state index in [1.807, 2.05) is 0 Å². The molecule has 1 aliphatic heterocycles. The van der Waals surface area contributed by atoms with E-state index < -0.39 is 6.04 Å². The minimum atomic E-state index is -0.402. The summed E-state index contributed by atoms with van der Waals surface area (Å²) in [6, 6.07) is 1.31. The maximum absolute atomic E-state index is 11.1. The highest BCUT2D eigenvalue weighted by Crippen LogP contribution is 2.31. The van der Waals surface area contributed by atoms with E-state index in [-0.39, 0.29) is 5.91 Å². The molecule has 0 aromatic carbocycles. The fraction of sp³-hybridized carbons (Fsp3) is 0.250. The van der Waals surface area contributed by atoms with Crippen LogP contribution in [-0.4, -0.2) is 17.8 Å². The van der Waals surface area contributed by atoms with Gasteiger partial charge in [0.2, 0.25) is 0 Å². The maximum atomic E-state index is 11.1. The monoisotopic (exact) mass is 263 g/mol. The van der Waals surface area contributed by atoms with Gasteiger partial charge in [0, 0.05) is 0 Å². The second-order valence-electron chi connectivity index (χ2n) is 3.00. The van der Waals surface area contributed by atoms with E-state index in [0.29, 0.717) is 15.2 Å². The molecule has 0 spiro atoms. The number of hydrogen-bond acceptors (Lipinski definition) is 4. The summed E-state index contributed by atoms with van der Waals surface area (Å²) in [7, 11) is 0.